The van der Waals surface area contributed by atoms with Crippen LogP contribution in [0.25, 0.3) is 17.1 Å². The number of methoxy groups -OCH3 is 1. The Morgan fingerprint density at radius 1 is 1.14 bits per heavy atom. The molecule has 3 aromatic rings. The number of imidazole rings is 1. The Kier molecular flexibility index (Phi) is 4.77. The minimum absolute atomic E-state index is 0.0263. The van der Waals surface area contributed by atoms with Crippen LogP contribution in [0.4, 0.5) is 0 Å². The van der Waals surface area contributed by atoms with Crippen molar-refractivity contribution in [3.05, 3.63) is 59.9 Å². The zero-order valence-electron chi connectivity index (χ0n) is 16.2. The van der Waals surface area contributed by atoms with E-state index in [1.54, 1.807) is 13.3 Å². The van der Waals surface area contributed by atoms with Gasteiger partial charge in [0.25, 0.3) is 5.91 Å². The third-order valence-electron chi connectivity index (χ3n) is 4.72. The first-order valence-electron chi connectivity index (χ1n) is 9.36. The molecule has 4 rings (SSSR count). The molecule has 1 aliphatic heterocycles. The molecule has 1 aliphatic rings. The van der Waals surface area contributed by atoms with Gasteiger partial charge in [-0.05, 0) is 56.2 Å². The van der Waals surface area contributed by atoms with Crippen molar-refractivity contribution in [1.29, 1.82) is 0 Å². The fraction of sp³-hybridized carbons (Fsp3) is 0.273. The standard InChI is InChI=1S/C22H23N3O3/c1-14(2)28-19-7-5-16(12-20(19)27-3)21-23-10-11-25(21)17-6-4-15-8-9-24-22(26)18(15)13-17/h4-7,10-14H,8-9H2,1-3H3,(H,24,26). The second-order valence-corrected chi connectivity index (χ2v) is 7.00. The molecule has 28 heavy (non-hydrogen) atoms. The summed E-state index contributed by atoms with van der Waals surface area (Å²) in [5.41, 5.74) is 3.59. The third kappa shape index (κ3) is 3.33. The number of hydrogen-bond donors (Lipinski definition) is 1. The number of amides is 1. The summed E-state index contributed by atoms with van der Waals surface area (Å²) in [7, 11) is 1.63. The molecule has 0 atom stereocenters. The van der Waals surface area contributed by atoms with Gasteiger partial charge in [-0.25, -0.2) is 4.98 Å². The van der Waals surface area contributed by atoms with Crippen LogP contribution in [0.1, 0.15) is 29.8 Å². The molecule has 1 amide bonds. The normalized spacial score (nSPS) is 13.2. The number of carbonyl (C=O) groups is 1. The average molecular weight is 377 g/mol. The summed E-state index contributed by atoms with van der Waals surface area (Å²) in [4.78, 5) is 16.7. The molecule has 2 heterocycles. The number of ether oxygens (including phenoxy) is 2. The van der Waals surface area contributed by atoms with Crippen LogP contribution in [0.3, 0.4) is 0 Å². The maximum absolute atomic E-state index is 12.2. The van der Waals surface area contributed by atoms with E-state index in [4.69, 9.17) is 9.47 Å². The van der Waals surface area contributed by atoms with Gasteiger partial charge in [0.1, 0.15) is 5.82 Å². The van der Waals surface area contributed by atoms with Crippen molar-refractivity contribution >= 4 is 5.91 Å². The molecule has 0 unspecified atom stereocenters. The third-order valence-corrected chi connectivity index (χ3v) is 4.72. The highest BCUT2D eigenvalue weighted by atomic mass is 16.5. The van der Waals surface area contributed by atoms with E-state index in [9.17, 15) is 4.79 Å². The minimum Gasteiger partial charge on any atom is -0.493 e. The number of aromatic nitrogens is 2. The summed E-state index contributed by atoms with van der Waals surface area (Å²) < 4.78 is 13.3. The van der Waals surface area contributed by atoms with E-state index in [0.29, 0.717) is 18.0 Å². The van der Waals surface area contributed by atoms with Gasteiger partial charge in [-0.1, -0.05) is 6.07 Å². The maximum Gasteiger partial charge on any atom is 0.251 e. The first-order valence-corrected chi connectivity index (χ1v) is 9.36. The molecule has 0 bridgehead atoms. The highest BCUT2D eigenvalue weighted by Crippen LogP contribution is 2.33. The van der Waals surface area contributed by atoms with E-state index < -0.39 is 0 Å². The van der Waals surface area contributed by atoms with Crippen molar-refractivity contribution in [2.45, 2.75) is 26.4 Å². The van der Waals surface area contributed by atoms with Gasteiger partial charge in [0.2, 0.25) is 0 Å². The molecule has 6 heteroatoms. The van der Waals surface area contributed by atoms with E-state index in [0.717, 1.165) is 34.6 Å². The van der Waals surface area contributed by atoms with Crippen LogP contribution in [-0.4, -0.2) is 35.2 Å². The molecule has 0 radical (unpaired) electrons. The number of carbonyl (C=O) groups excluding carboxylic acids is 1. The molecule has 0 saturated carbocycles. The van der Waals surface area contributed by atoms with Gasteiger partial charge in [0.15, 0.2) is 11.5 Å². The van der Waals surface area contributed by atoms with Crippen LogP contribution in [0.15, 0.2) is 48.8 Å². The zero-order valence-corrected chi connectivity index (χ0v) is 16.2. The molecule has 2 aromatic carbocycles. The van der Waals surface area contributed by atoms with Gasteiger partial charge in [-0.15, -0.1) is 0 Å². The Labute approximate surface area is 164 Å². The lowest BCUT2D eigenvalue weighted by molar-refractivity contribution is 0.0946. The summed E-state index contributed by atoms with van der Waals surface area (Å²) in [5.74, 6) is 2.10. The molecule has 144 valence electrons. The summed E-state index contributed by atoms with van der Waals surface area (Å²) in [6.45, 7) is 4.64. The Bertz CT molecular complexity index is 1020. The van der Waals surface area contributed by atoms with Crippen molar-refractivity contribution in [3.63, 3.8) is 0 Å². The number of nitrogens with one attached hydrogen (secondary N) is 1. The fourth-order valence-electron chi connectivity index (χ4n) is 3.43. The number of rotatable bonds is 5. The van der Waals surface area contributed by atoms with Crippen LogP contribution < -0.4 is 14.8 Å². The number of fused-ring (bicyclic) bond motifs is 1. The largest absolute Gasteiger partial charge is 0.493 e. The number of nitrogens with zero attached hydrogens (tertiary/aromatic N) is 2. The van der Waals surface area contributed by atoms with Crippen LogP contribution in [0.5, 0.6) is 11.5 Å². The molecular formula is C22H23N3O3. The van der Waals surface area contributed by atoms with Gasteiger partial charge >= 0.3 is 0 Å². The summed E-state index contributed by atoms with van der Waals surface area (Å²) in [6.07, 6.45) is 4.55. The van der Waals surface area contributed by atoms with E-state index in [1.165, 1.54) is 0 Å². The topological polar surface area (TPSA) is 65.4 Å². The van der Waals surface area contributed by atoms with Crippen LogP contribution in [-0.2, 0) is 6.42 Å². The predicted molar refractivity (Wildman–Crippen MR) is 107 cm³/mol. The second kappa shape index (κ2) is 7.38. The SMILES string of the molecule is COc1cc(-c2nccn2-c2ccc3c(c2)C(=O)NCC3)ccc1OC(C)C. The highest BCUT2D eigenvalue weighted by molar-refractivity contribution is 5.97. The Balaban J connectivity index is 1.74. The zero-order chi connectivity index (χ0) is 19.7. The van der Waals surface area contributed by atoms with Crippen LogP contribution in [0, 0.1) is 0 Å². The number of benzene rings is 2. The van der Waals surface area contributed by atoms with Crippen molar-refractivity contribution in [2.75, 3.05) is 13.7 Å². The molecule has 0 spiro atoms. The molecule has 0 fully saturated rings. The van der Waals surface area contributed by atoms with Crippen molar-refractivity contribution in [1.82, 2.24) is 14.9 Å². The van der Waals surface area contributed by atoms with Crippen molar-refractivity contribution < 1.29 is 14.3 Å². The summed E-state index contributed by atoms with van der Waals surface area (Å²) in [5, 5.41) is 2.90. The van der Waals surface area contributed by atoms with Gasteiger partial charge < -0.3 is 14.8 Å². The van der Waals surface area contributed by atoms with E-state index in [-0.39, 0.29) is 12.0 Å². The molecular weight excluding hydrogens is 354 g/mol. The lowest BCUT2D eigenvalue weighted by atomic mass is 9.99. The monoisotopic (exact) mass is 377 g/mol. The van der Waals surface area contributed by atoms with Crippen LogP contribution in [0.2, 0.25) is 0 Å². The maximum atomic E-state index is 12.2. The second-order valence-electron chi connectivity index (χ2n) is 7.00. The van der Waals surface area contributed by atoms with Crippen molar-refractivity contribution in [3.8, 4) is 28.6 Å². The van der Waals surface area contributed by atoms with Crippen molar-refractivity contribution in [2.24, 2.45) is 0 Å². The molecule has 0 aliphatic carbocycles. The Morgan fingerprint density at radius 3 is 2.79 bits per heavy atom. The van der Waals surface area contributed by atoms with Gasteiger partial charge in [-0.3, -0.25) is 9.36 Å². The Morgan fingerprint density at radius 2 is 2.00 bits per heavy atom. The lowest BCUT2D eigenvalue weighted by Crippen LogP contribution is -2.31. The molecule has 1 N–H and O–H groups in total. The Hall–Kier alpha value is -3.28. The van der Waals surface area contributed by atoms with Gasteiger partial charge in [-0.2, -0.15) is 0 Å². The fourth-order valence-corrected chi connectivity index (χ4v) is 3.43. The summed E-state index contributed by atoms with van der Waals surface area (Å²) >= 11 is 0. The minimum atomic E-state index is -0.0263. The number of hydrogen-bond acceptors (Lipinski definition) is 4. The molecule has 6 nitrogen and oxygen atoms in total. The molecule has 0 saturated heterocycles. The summed E-state index contributed by atoms with van der Waals surface area (Å²) in [6, 6.07) is 11.7. The van der Waals surface area contributed by atoms with E-state index >= 15 is 0 Å². The highest BCUT2D eigenvalue weighted by Gasteiger charge is 2.18. The first-order chi connectivity index (χ1) is 13.6. The first kappa shape index (κ1) is 18.1. The average Bonchev–Trinajstić information content (AvgIpc) is 3.18. The predicted octanol–water partition coefficient (Wildman–Crippen LogP) is 3.62. The van der Waals surface area contributed by atoms with E-state index in [2.05, 4.69) is 10.3 Å². The lowest BCUT2D eigenvalue weighted by Gasteiger charge is -2.18. The smallest absolute Gasteiger partial charge is 0.251 e. The van der Waals surface area contributed by atoms with Crippen LogP contribution >= 0.6 is 0 Å². The quantitative estimate of drug-likeness (QED) is 0.738. The van der Waals surface area contributed by atoms with Gasteiger partial charge in [0.05, 0.1) is 13.2 Å². The molecule has 1 aromatic heterocycles. The van der Waals surface area contributed by atoms with Gasteiger partial charge in [0, 0.05) is 35.8 Å². The van der Waals surface area contributed by atoms with E-state index in [1.807, 2.05) is 61.0 Å².